The molecule has 1 heterocycles. The van der Waals surface area contributed by atoms with Gasteiger partial charge >= 0.3 is 0 Å². The van der Waals surface area contributed by atoms with E-state index in [0.717, 1.165) is 0 Å². The van der Waals surface area contributed by atoms with Crippen molar-refractivity contribution in [1.82, 2.24) is 14.9 Å². The van der Waals surface area contributed by atoms with Crippen molar-refractivity contribution in [3.63, 3.8) is 0 Å². The highest BCUT2D eigenvalue weighted by Crippen LogP contribution is 2.25. The third-order valence-corrected chi connectivity index (χ3v) is 3.74. The quantitative estimate of drug-likeness (QED) is 0.889. The summed E-state index contributed by atoms with van der Waals surface area (Å²) in [6.45, 7) is 2.75. The second kappa shape index (κ2) is 6.74. The first-order valence-electron chi connectivity index (χ1n) is 6.72. The van der Waals surface area contributed by atoms with Crippen molar-refractivity contribution in [3.8, 4) is 0 Å². The molecule has 1 unspecified atom stereocenters. The van der Waals surface area contributed by atoms with Crippen LogP contribution in [0, 0.1) is 6.92 Å². The second-order valence-electron chi connectivity index (χ2n) is 5.19. The Balaban J connectivity index is 2.14. The van der Waals surface area contributed by atoms with Gasteiger partial charge in [0.1, 0.15) is 17.2 Å². The fourth-order valence-electron chi connectivity index (χ4n) is 2.09. The maximum atomic E-state index is 6.10. The number of rotatable bonds is 5. The minimum Gasteiger partial charge on any atom is -0.382 e. The molecule has 0 aliphatic carbocycles. The van der Waals surface area contributed by atoms with Crippen LogP contribution < -0.4 is 11.1 Å². The Morgan fingerprint density at radius 2 is 1.90 bits per heavy atom. The number of halogens is 1. The average Bonchev–Trinajstić information content (AvgIpc) is 2.45. The van der Waals surface area contributed by atoms with E-state index in [0.29, 0.717) is 17.4 Å². The molecule has 21 heavy (non-hydrogen) atoms. The van der Waals surface area contributed by atoms with Gasteiger partial charge in [-0.2, -0.15) is 0 Å². The molecule has 1 atom stereocenters. The van der Waals surface area contributed by atoms with Gasteiger partial charge in [-0.05, 0) is 26.6 Å². The Morgan fingerprint density at radius 1 is 1.24 bits per heavy atom. The van der Waals surface area contributed by atoms with E-state index in [9.17, 15) is 0 Å². The van der Waals surface area contributed by atoms with Gasteiger partial charge in [-0.1, -0.05) is 41.4 Å². The van der Waals surface area contributed by atoms with Gasteiger partial charge in [0, 0.05) is 6.54 Å². The van der Waals surface area contributed by atoms with Gasteiger partial charge in [0.2, 0.25) is 0 Å². The molecule has 0 aliphatic rings. The normalized spacial score (nSPS) is 12.4. The molecule has 0 aliphatic heterocycles. The molecule has 0 amide bonds. The number of nitrogens with zero attached hydrogens (tertiary/aromatic N) is 3. The summed E-state index contributed by atoms with van der Waals surface area (Å²) in [4.78, 5) is 10.1. The molecule has 0 saturated heterocycles. The van der Waals surface area contributed by atoms with Gasteiger partial charge < -0.3 is 16.0 Å². The summed E-state index contributed by atoms with van der Waals surface area (Å²) in [5.74, 6) is 0.842. The first-order valence-corrected chi connectivity index (χ1v) is 7.09. The van der Waals surface area contributed by atoms with Crippen molar-refractivity contribution in [3.05, 3.63) is 46.7 Å². The maximum Gasteiger partial charge on any atom is 0.150 e. The van der Waals surface area contributed by atoms with Crippen LogP contribution >= 0.6 is 11.6 Å². The van der Waals surface area contributed by atoms with Crippen molar-refractivity contribution in [2.45, 2.75) is 13.0 Å². The van der Waals surface area contributed by atoms with Crippen LogP contribution in [0.5, 0.6) is 0 Å². The lowest BCUT2D eigenvalue weighted by atomic mass is 10.0. The molecule has 1 aromatic carbocycles. The average molecular weight is 306 g/mol. The standard InChI is InChI=1S/C15H20ClN5/c1-10-4-6-11(7-5-10)12(21(2)3)8-18-15-13(16)14(17)19-9-20-15/h4-7,9,12H,8H2,1-3H3,(H3,17,18,19,20). The largest absolute Gasteiger partial charge is 0.382 e. The van der Waals surface area contributed by atoms with E-state index >= 15 is 0 Å². The molecule has 1 aromatic heterocycles. The van der Waals surface area contributed by atoms with Crippen molar-refractivity contribution < 1.29 is 0 Å². The van der Waals surface area contributed by atoms with Crippen LogP contribution in [-0.4, -0.2) is 35.5 Å². The number of nitrogens with one attached hydrogen (secondary N) is 1. The minimum atomic E-state index is 0.206. The van der Waals surface area contributed by atoms with Gasteiger partial charge in [-0.25, -0.2) is 9.97 Å². The predicted molar refractivity (Wildman–Crippen MR) is 87.6 cm³/mol. The lowest BCUT2D eigenvalue weighted by Crippen LogP contribution is -2.27. The molecule has 112 valence electrons. The fourth-order valence-corrected chi connectivity index (χ4v) is 2.25. The number of aryl methyl sites for hydroxylation is 1. The summed E-state index contributed by atoms with van der Waals surface area (Å²) < 4.78 is 0. The number of nitrogens with two attached hydrogens (primary N) is 1. The summed E-state index contributed by atoms with van der Waals surface area (Å²) in [6, 6.07) is 8.70. The van der Waals surface area contributed by atoms with Crippen LogP contribution in [-0.2, 0) is 0 Å². The van der Waals surface area contributed by atoms with Gasteiger partial charge in [0.15, 0.2) is 5.82 Å². The van der Waals surface area contributed by atoms with E-state index in [2.05, 4.69) is 51.4 Å². The molecule has 6 heteroatoms. The zero-order valence-electron chi connectivity index (χ0n) is 12.5. The Hall–Kier alpha value is -1.85. The van der Waals surface area contributed by atoms with Gasteiger partial charge in [0.05, 0.1) is 6.04 Å². The Labute approximate surface area is 130 Å². The van der Waals surface area contributed by atoms with Crippen LogP contribution in [0.3, 0.4) is 0 Å². The highest BCUT2D eigenvalue weighted by molar-refractivity contribution is 6.35. The van der Waals surface area contributed by atoms with E-state index in [1.165, 1.54) is 17.5 Å². The molecule has 2 rings (SSSR count). The number of aromatic nitrogens is 2. The maximum absolute atomic E-state index is 6.10. The number of benzene rings is 1. The van der Waals surface area contributed by atoms with Crippen molar-refractivity contribution >= 4 is 23.2 Å². The van der Waals surface area contributed by atoms with Crippen molar-refractivity contribution in [2.24, 2.45) is 0 Å². The molecule has 0 bridgehead atoms. The first kappa shape index (κ1) is 15.5. The number of nitrogen functional groups attached to an aromatic ring is 1. The molecule has 0 fully saturated rings. The third kappa shape index (κ3) is 3.83. The van der Waals surface area contributed by atoms with E-state index in [1.54, 1.807) is 0 Å². The SMILES string of the molecule is Cc1ccc(C(CNc2ncnc(N)c2Cl)N(C)C)cc1. The lowest BCUT2D eigenvalue weighted by Gasteiger charge is -2.25. The molecule has 0 spiro atoms. The first-order chi connectivity index (χ1) is 9.99. The highest BCUT2D eigenvalue weighted by atomic mass is 35.5. The van der Waals surface area contributed by atoms with E-state index < -0.39 is 0 Å². The summed E-state index contributed by atoms with van der Waals surface area (Å²) in [5.41, 5.74) is 8.16. The monoisotopic (exact) mass is 305 g/mol. The number of hydrogen-bond donors (Lipinski definition) is 2. The molecule has 0 radical (unpaired) electrons. The van der Waals surface area contributed by atoms with E-state index in [-0.39, 0.29) is 11.9 Å². The minimum absolute atomic E-state index is 0.206. The van der Waals surface area contributed by atoms with Crippen LogP contribution in [0.1, 0.15) is 17.2 Å². The highest BCUT2D eigenvalue weighted by Gasteiger charge is 2.15. The zero-order chi connectivity index (χ0) is 15.4. The number of likely N-dealkylation sites (N-methyl/N-ethyl adjacent to an activating group) is 1. The van der Waals surface area contributed by atoms with Crippen LogP contribution in [0.15, 0.2) is 30.6 Å². The number of anilines is 2. The zero-order valence-corrected chi connectivity index (χ0v) is 13.2. The van der Waals surface area contributed by atoms with Crippen LogP contribution in [0.2, 0.25) is 5.02 Å². The Bertz CT molecular complexity index is 598. The number of hydrogen-bond acceptors (Lipinski definition) is 5. The molecular formula is C15H20ClN5. The van der Waals surface area contributed by atoms with Crippen LogP contribution in [0.4, 0.5) is 11.6 Å². The smallest absolute Gasteiger partial charge is 0.150 e. The van der Waals surface area contributed by atoms with Crippen molar-refractivity contribution in [2.75, 3.05) is 31.7 Å². The predicted octanol–water partition coefficient (Wildman–Crippen LogP) is 2.74. The van der Waals surface area contributed by atoms with Gasteiger partial charge in [0.25, 0.3) is 0 Å². The summed E-state index contributed by atoms with van der Waals surface area (Å²) in [5, 5.41) is 3.60. The third-order valence-electron chi connectivity index (χ3n) is 3.36. The fraction of sp³-hybridized carbons (Fsp3) is 0.333. The lowest BCUT2D eigenvalue weighted by molar-refractivity contribution is 0.311. The Kier molecular flexibility index (Phi) is 4.98. The topological polar surface area (TPSA) is 67.1 Å². The molecule has 2 aromatic rings. The van der Waals surface area contributed by atoms with Crippen molar-refractivity contribution in [1.29, 1.82) is 0 Å². The summed E-state index contributed by atoms with van der Waals surface area (Å²) in [6.07, 6.45) is 1.40. The summed E-state index contributed by atoms with van der Waals surface area (Å²) in [7, 11) is 4.09. The van der Waals surface area contributed by atoms with Gasteiger partial charge in [-0.3, -0.25) is 0 Å². The van der Waals surface area contributed by atoms with E-state index in [4.69, 9.17) is 17.3 Å². The molecule has 3 N–H and O–H groups in total. The molecule has 5 nitrogen and oxygen atoms in total. The summed E-state index contributed by atoms with van der Waals surface area (Å²) >= 11 is 6.10. The van der Waals surface area contributed by atoms with Crippen LogP contribution in [0.25, 0.3) is 0 Å². The Morgan fingerprint density at radius 3 is 2.52 bits per heavy atom. The molecular weight excluding hydrogens is 286 g/mol. The second-order valence-corrected chi connectivity index (χ2v) is 5.57. The molecule has 0 saturated carbocycles. The van der Waals surface area contributed by atoms with E-state index in [1.807, 2.05) is 14.1 Å². The van der Waals surface area contributed by atoms with Gasteiger partial charge in [-0.15, -0.1) is 0 Å².